The van der Waals surface area contributed by atoms with Gasteiger partial charge in [0.2, 0.25) is 0 Å². The van der Waals surface area contributed by atoms with Crippen LogP contribution in [0.25, 0.3) is 64.2 Å². The van der Waals surface area contributed by atoms with E-state index in [0.29, 0.717) is 5.56 Å². The van der Waals surface area contributed by atoms with Crippen molar-refractivity contribution in [2.45, 2.75) is 0 Å². The van der Waals surface area contributed by atoms with Gasteiger partial charge >= 0.3 is 0 Å². The minimum atomic E-state index is -0.306. The molecule has 0 aliphatic rings. The second-order valence-corrected chi connectivity index (χ2v) is 9.72. The Morgan fingerprint density at radius 1 is 0.657 bits per heavy atom. The van der Waals surface area contributed by atoms with Gasteiger partial charge in [-0.25, -0.2) is 0 Å². The molecule has 0 amide bonds. The summed E-state index contributed by atoms with van der Waals surface area (Å²) >= 11 is 1.81. The monoisotopic (exact) mass is 470 g/mol. The van der Waals surface area contributed by atoms with Gasteiger partial charge in [-0.3, -0.25) is 10.1 Å². The molecule has 4 nitrogen and oxygen atoms in total. The summed E-state index contributed by atoms with van der Waals surface area (Å²) < 4.78 is 2.52. The molecule has 2 aromatic heterocycles. The van der Waals surface area contributed by atoms with Crippen LogP contribution in [0.5, 0.6) is 0 Å². The van der Waals surface area contributed by atoms with E-state index < -0.39 is 0 Å². The lowest BCUT2D eigenvalue weighted by atomic mass is 9.94. The number of hydrogen-bond acceptors (Lipinski definition) is 3. The van der Waals surface area contributed by atoms with Crippen molar-refractivity contribution in [1.29, 1.82) is 0 Å². The van der Waals surface area contributed by atoms with E-state index in [1.165, 1.54) is 25.6 Å². The van der Waals surface area contributed by atoms with Crippen LogP contribution in [-0.4, -0.2) is 9.91 Å². The van der Waals surface area contributed by atoms with Gasteiger partial charge in [-0.2, -0.15) is 0 Å². The molecule has 0 saturated carbocycles. The Morgan fingerprint density at radius 2 is 1.46 bits per heavy atom. The Bertz CT molecular complexity index is 1930. The van der Waals surface area contributed by atoms with Crippen LogP contribution in [-0.2, 0) is 0 Å². The molecule has 7 aromatic rings. The van der Waals surface area contributed by atoms with Crippen LogP contribution in [0.1, 0.15) is 0 Å². The number of hydrogen-bond donors (Lipinski definition) is 1. The largest absolute Gasteiger partial charge is 0.354 e. The van der Waals surface area contributed by atoms with Crippen molar-refractivity contribution < 1.29 is 4.92 Å². The molecule has 0 atom stereocenters. The number of nitro groups is 1. The second-order valence-electron chi connectivity index (χ2n) is 8.67. The fourth-order valence-electron chi connectivity index (χ4n) is 5.16. The van der Waals surface area contributed by atoms with Gasteiger partial charge in [0.15, 0.2) is 0 Å². The van der Waals surface area contributed by atoms with Gasteiger partial charge in [0.05, 0.1) is 10.5 Å². The molecule has 5 heteroatoms. The highest BCUT2D eigenvalue weighted by Gasteiger charge is 2.19. The first-order valence-electron chi connectivity index (χ1n) is 11.4. The van der Waals surface area contributed by atoms with E-state index >= 15 is 0 Å². The number of benzene rings is 5. The van der Waals surface area contributed by atoms with E-state index in [1.807, 2.05) is 59.9 Å². The number of H-pyrrole nitrogens is 1. The summed E-state index contributed by atoms with van der Waals surface area (Å²) in [6, 6.07) is 34.1. The molecular formula is C30H18N2O2S. The quantitative estimate of drug-likeness (QED) is 0.207. The van der Waals surface area contributed by atoms with E-state index in [9.17, 15) is 10.1 Å². The average Bonchev–Trinajstić information content (AvgIpc) is 3.47. The fourth-order valence-corrected chi connectivity index (χ4v) is 6.42. The van der Waals surface area contributed by atoms with Crippen LogP contribution in [0.15, 0.2) is 103 Å². The van der Waals surface area contributed by atoms with E-state index in [0.717, 1.165) is 33.1 Å². The van der Waals surface area contributed by atoms with Crippen LogP contribution in [0, 0.1) is 10.1 Å². The number of fused-ring (bicyclic) bond motifs is 7. The zero-order valence-corrected chi connectivity index (χ0v) is 19.3. The molecule has 0 spiro atoms. The topological polar surface area (TPSA) is 58.9 Å². The number of nitrogens with one attached hydrogen (secondary N) is 1. The third-order valence-electron chi connectivity index (χ3n) is 6.72. The van der Waals surface area contributed by atoms with Crippen molar-refractivity contribution in [1.82, 2.24) is 4.98 Å². The maximum atomic E-state index is 11.8. The molecule has 5 aromatic carbocycles. The van der Waals surface area contributed by atoms with Crippen LogP contribution in [0.2, 0.25) is 0 Å². The lowest BCUT2D eigenvalue weighted by molar-refractivity contribution is -0.384. The van der Waals surface area contributed by atoms with Crippen LogP contribution >= 0.6 is 11.3 Å². The Hall–Kier alpha value is -4.48. The minimum absolute atomic E-state index is 0.109. The second kappa shape index (κ2) is 7.52. The first-order valence-corrected chi connectivity index (χ1v) is 12.2. The molecule has 0 unspecified atom stereocenters. The van der Waals surface area contributed by atoms with Crippen molar-refractivity contribution in [3.63, 3.8) is 0 Å². The van der Waals surface area contributed by atoms with Gasteiger partial charge in [0, 0.05) is 48.0 Å². The molecule has 0 aliphatic heterocycles. The molecule has 7 rings (SSSR count). The zero-order valence-electron chi connectivity index (χ0n) is 18.5. The SMILES string of the molecule is O=[N+]([O-])c1ccc(-c2cccc3[nH]c4ccc5c6ccccc6sc5c4c23)cc1-c1ccccc1. The highest BCUT2D eigenvalue weighted by atomic mass is 32.1. The normalized spacial score (nSPS) is 11.7. The Balaban J connectivity index is 1.57. The highest BCUT2D eigenvalue weighted by molar-refractivity contribution is 7.26. The molecule has 2 heterocycles. The maximum absolute atomic E-state index is 11.8. The third-order valence-corrected chi connectivity index (χ3v) is 7.92. The van der Waals surface area contributed by atoms with Gasteiger partial charge < -0.3 is 4.98 Å². The smallest absolute Gasteiger partial charge is 0.277 e. The lowest BCUT2D eigenvalue weighted by Crippen LogP contribution is -1.93. The van der Waals surface area contributed by atoms with E-state index in [1.54, 1.807) is 6.07 Å². The number of rotatable bonds is 3. The molecule has 35 heavy (non-hydrogen) atoms. The number of aromatic nitrogens is 1. The lowest BCUT2D eigenvalue weighted by Gasteiger charge is -2.09. The Kier molecular flexibility index (Phi) is 4.28. The summed E-state index contributed by atoms with van der Waals surface area (Å²) in [6.07, 6.45) is 0. The van der Waals surface area contributed by atoms with Crippen molar-refractivity contribution in [3.05, 3.63) is 113 Å². The predicted octanol–water partition coefficient (Wildman–Crippen LogP) is 8.93. The first kappa shape index (κ1) is 19.9. The Labute approximate surface area is 204 Å². The summed E-state index contributed by atoms with van der Waals surface area (Å²) in [4.78, 5) is 15.1. The van der Waals surface area contributed by atoms with Crippen molar-refractivity contribution in [2.75, 3.05) is 0 Å². The molecule has 1 N–H and O–H groups in total. The molecule has 0 radical (unpaired) electrons. The summed E-state index contributed by atoms with van der Waals surface area (Å²) in [5, 5.41) is 16.7. The molecule has 0 aliphatic carbocycles. The molecule has 166 valence electrons. The van der Waals surface area contributed by atoms with Gasteiger partial charge in [-0.1, -0.05) is 66.7 Å². The van der Waals surface area contributed by atoms with E-state index in [4.69, 9.17) is 0 Å². The van der Waals surface area contributed by atoms with E-state index in [2.05, 4.69) is 53.5 Å². The first-order chi connectivity index (χ1) is 17.2. The number of nitro benzene ring substituents is 1. The molecule has 0 fully saturated rings. The van der Waals surface area contributed by atoms with Crippen LogP contribution in [0.4, 0.5) is 5.69 Å². The van der Waals surface area contributed by atoms with Gasteiger partial charge in [-0.05, 0) is 47.0 Å². The summed E-state index contributed by atoms with van der Waals surface area (Å²) in [5.74, 6) is 0. The summed E-state index contributed by atoms with van der Waals surface area (Å²) in [5.41, 5.74) is 5.73. The van der Waals surface area contributed by atoms with Crippen LogP contribution in [0.3, 0.4) is 0 Å². The van der Waals surface area contributed by atoms with Crippen molar-refractivity contribution >= 4 is 59.0 Å². The standard InChI is InChI=1S/C30H18N2O2S/c33-32(34)26-16-13-19(17-23(26)18-7-2-1-3-8-18)20-10-6-11-24-28(20)29-25(31-24)15-14-22-21-9-4-5-12-27(21)35-30(22)29/h1-17,31H. The maximum Gasteiger partial charge on any atom is 0.277 e. The third kappa shape index (κ3) is 2.99. The molecule has 0 saturated heterocycles. The van der Waals surface area contributed by atoms with Gasteiger partial charge in [0.1, 0.15) is 0 Å². The number of thiophene rings is 1. The zero-order chi connectivity index (χ0) is 23.5. The van der Waals surface area contributed by atoms with Crippen molar-refractivity contribution in [2.24, 2.45) is 0 Å². The highest BCUT2D eigenvalue weighted by Crippen LogP contribution is 2.44. The number of nitrogens with zero attached hydrogens (tertiary/aromatic N) is 1. The van der Waals surface area contributed by atoms with Crippen LogP contribution < -0.4 is 0 Å². The average molecular weight is 471 g/mol. The van der Waals surface area contributed by atoms with Crippen molar-refractivity contribution in [3.8, 4) is 22.3 Å². The summed E-state index contributed by atoms with van der Waals surface area (Å²) in [7, 11) is 0. The van der Waals surface area contributed by atoms with Gasteiger partial charge in [-0.15, -0.1) is 11.3 Å². The fraction of sp³-hybridized carbons (Fsp3) is 0. The minimum Gasteiger partial charge on any atom is -0.354 e. The molecule has 0 bridgehead atoms. The number of aromatic amines is 1. The summed E-state index contributed by atoms with van der Waals surface area (Å²) in [6.45, 7) is 0. The predicted molar refractivity (Wildman–Crippen MR) is 146 cm³/mol. The van der Waals surface area contributed by atoms with Gasteiger partial charge in [0.25, 0.3) is 5.69 Å². The molecular weight excluding hydrogens is 452 g/mol. The Morgan fingerprint density at radius 3 is 2.31 bits per heavy atom. The van der Waals surface area contributed by atoms with E-state index in [-0.39, 0.29) is 10.6 Å².